The molecule has 7 heteroatoms. The van der Waals surface area contributed by atoms with E-state index in [1.165, 1.54) is 7.11 Å². The lowest BCUT2D eigenvalue weighted by molar-refractivity contribution is 0.0599. The molecule has 1 aliphatic heterocycles. The Morgan fingerprint density at radius 2 is 2.30 bits per heavy atom. The molecular formula is C16H25N3O4. The third kappa shape index (κ3) is 4.25. The van der Waals surface area contributed by atoms with Gasteiger partial charge < -0.3 is 24.1 Å². The zero-order valence-corrected chi connectivity index (χ0v) is 14.2. The van der Waals surface area contributed by atoms with Crippen LogP contribution in [-0.4, -0.2) is 57.8 Å². The second-order valence-electron chi connectivity index (χ2n) is 5.63. The van der Waals surface area contributed by atoms with E-state index in [0.29, 0.717) is 29.5 Å². The molecule has 0 saturated carbocycles. The molecule has 128 valence electrons. The quantitative estimate of drug-likeness (QED) is 0.502. The van der Waals surface area contributed by atoms with Crippen LogP contribution in [0.3, 0.4) is 0 Å². The first kappa shape index (κ1) is 17.3. The lowest BCUT2D eigenvalue weighted by Gasteiger charge is -2.21. The van der Waals surface area contributed by atoms with Gasteiger partial charge in [0.05, 0.1) is 20.3 Å². The van der Waals surface area contributed by atoms with Crippen LogP contribution in [0, 0.1) is 12.8 Å². The van der Waals surface area contributed by atoms with E-state index >= 15 is 0 Å². The molecule has 1 unspecified atom stereocenters. The summed E-state index contributed by atoms with van der Waals surface area (Å²) < 4.78 is 15.5. The van der Waals surface area contributed by atoms with Crippen LogP contribution in [0.5, 0.6) is 0 Å². The molecule has 1 N–H and O–H groups in total. The van der Waals surface area contributed by atoms with E-state index in [0.717, 1.165) is 32.1 Å². The summed E-state index contributed by atoms with van der Waals surface area (Å²) in [5.41, 5.74) is 0.459. The number of esters is 1. The van der Waals surface area contributed by atoms with Gasteiger partial charge in [-0.15, -0.1) is 0 Å². The van der Waals surface area contributed by atoms with Crippen molar-refractivity contribution < 1.29 is 18.7 Å². The summed E-state index contributed by atoms with van der Waals surface area (Å²) in [5, 5.41) is 3.28. The highest BCUT2D eigenvalue weighted by Gasteiger charge is 2.25. The van der Waals surface area contributed by atoms with Crippen molar-refractivity contribution in [2.24, 2.45) is 10.9 Å². The predicted octanol–water partition coefficient (Wildman–Crippen LogP) is 1.42. The number of guanidine groups is 1. The lowest BCUT2D eigenvalue weighted by atomic mass is 10.1. The van der Waals surface area contributed by atoms with Crippen molar-refractivity contribution in [3.05, 3.63) is 23.2 Å². The first-order valence-corrected chi connectivity index (χ1v) is 7.71. The molecule has 1 saturated heterocycles. The van der Waals surface area contributed by atoms with Crippen LogP contribution in [-0.2, 0) is 16.0 Å². The van der Waals surface area contributed by atoms with E-state index in [1.807, 2.05) is 0 Å². The molecule has 0 spiro atoms. The maximum atomic E-state index is 11.6. The van der Waals surface area contributed by atoms with Gasteiger partial charge in [-0.2, -0.15) is 0 Å². The van der Waals surface area contributed by atoms with Gasteiger partial charge in [0.25, 0.3) is 0 Å². The topological polar surface area (TPSA) is 76.3 Å². The van der Waals surface area contributed by atoms with Crippen molar-refractivity contribution in [2.45, 2.75) is 19.9 Å². The van der Waals surface area contributed by atoms with Gasteiger partial charge in [-0.05, 0) is 19.4 Å². The fourth-order valence-electron chi connectivity index (χ4n) is 2.84. The van der Waals surface area contributed by atoms with Crippen LogP contribution < -0.4 is 5.32 Å². The molecule has 1 fully saturated rings. The largest absolute Gasteiger partial charge is 0.465 e. The Morgan fingerprint density at radius 1 is 1.52 bits per heavy atom. The molecule has 23 heavy (non-hydrogen) atoms. The molecule has 0 radical (unpaired) electrons. The van der Waals surface area contributed by atoms with Gasteiger partial charge in [-0.3, -0.25) is 4.99 Å². The van der Waals surface area contributed by atoms with Crippen LogP contribution in [0.15, 0.2) is 15.5 Å². The number of likely N-dealkylation sites (tertiary alicyclic amines) is 1. The number of nitrogens with zero attached hydrogens (tertiary/aromatic N) is 2. The van der Waals surface area contributed by atoms with E-state index in [1.54, 1.807) is 27.1 Å². The highest BCUT2D eigenvalue weighted by atomic mass is 16.5. The van der Waals surface area contributed by atoms with Crippen molar-refractivity contribution in [1.29, 1.82) is 0 Å². The number of methoxy groups -OCH3 is 2. The van der Waals surface area contributed by atoms with Crippen LogP contribution in [0.4, 0.5) is 0 Å². The Labute approximate surface area is 136 Å². The second-order valence-corrected chi connectivity index (χ2v) is 5.63. The number of carbonyl (C=O) groups is 1. The lowest BCUT2D eigenvalue weighted by Crippen LogP contribution is -2.39. The number of aliphatic imine (C=N–C) groups is 1. The SMILES string of the molecule is CN=C(NCc1cc(C(=O)OC)c(C)o1)N1CCC(COC)C1. The third-order valence-electron chi connectivity index (χ3n) is 3.99. The van der Waals surface area contributed by atoms with Gasteiger partial charge >= 0.3 is 5.97 Å². The number of carbonyl (C=O) groups excluding carboxylic acids is 1. The van der Waals surface area contributed by atoms with Crippen molar-refractivity contribution in [1.82, 2.24) is 10.2 Å². The molecular weight excluding hydrogens is 298 g/mol. The van der Waals surface area contributed by atoms with Gasteiger partial charge in [-0.1, -0.05) is 0 Å². The summed E-state index contributed by atoms with van der Waals surface area (Å²) in [7, 11) is 4.85. The smallest absolute Gasteiger partial charge is 0.341 e. The molecule has 2 heterocycles. The molecule has 1 aliphatic rings. The highest BCUT2D eigenvalue weighted by Crippen LogP contribution is 2.18. The van der Waals surface area contributed by atoms with E-state index < -0.39 is 0 Å². The van der Waals surface area contributed by atoms with Crippen LogP contribution >= 0.6 is 0 Å². The summed E-state index contributed by atoms with van der Waals surface area (Å²) in [6.07, 6.45) is 1.10. The first-order valence-electron chi connectivity index (χ1n) is 7.71. The van der Waals surface area contributed by atoms with Gasteiger partial charge in [-0.25, -0.2) is 4.79 Å². The summed E-state index contributed by atoms with van der Waals surface area (Å²) in [4.78, 5) is 18.1. The van der Waals surface area contributed by atoms with Crippen LogP contribution in [0.25, 0.3) is 0 Å². The Morgan fingerprint density at radius 3 is 2.96 bits per heavy atom. The van der Waals surface area contributed by atoms with Crippen LogP contribution in [0.1, 0.15) is 28.3 Å². The molecule has 1 aromatic rings. The van der Waals surface area contributed by atoms with E-state index in [9.17, 15) is 4.79 Å². The first-order chi connectivity index (χ1) is 11.1. The summed E-state index contributed by atoms with van der Waals surface area (Å²) in [5.74, 6) is 2.22. The molecule has 0 bridgehead atoms. The van der Waals surface area contributed by atoms with E-state index in [-0.39, 0.29) is 5.97 Å². The minimum Gasteiger partial charge on any atom is -0.465 e. The molecule has 0 aliphatic carbocycles. The Bertz CT molecular complexity index is 568. The number of nitrogens with one attached hydrogen (secondary N) is 1. The average Bonchev–Trinajstić information content (AvgIpc) is 3.15. The van der Waals surface area contributed by atoms with Crippen molar-refractivity contribution in [2.75, 3.05) is 41.0 Å². The Balaban J connectivity index is 1.93. The minimum absolute atomic E-state index is 0.385. The summed E-state index contributed by atoms with van der Waals surface area (Å²) in [6, 6.07) is 1.71. The monoisotopic (exact) mass is 323 g/mol. The predicted molar refractivity (Wildman–Crippen MR) is 86.5 cm³/mol. The van der Waals surface area contributed by atoms with Gasteiger partial charge in [0.1, 0.15) is 17.1 Å². The molecule has 2 rings (SSSR count). The molecule has 7 nitrogen and oxygen atoms in total. The fraction of sp³-hybridized carbons (Fsp3) is 0.625. The maximum absolute atomic E-state index is 11.6. The van der Waals surface area contributed by atoms with Crippen molar-refractivity contribution in [3.63, 3.8) is 0 Å². The Kier molecular flexibility index (Phi) is 6.04. The number of furan rings is 1. The minimum atomic E-state index is -0.385. The highest BCUT2D eigenvalue weighted by molar-refractivity contribution is 5.90. The normalized spacial score (nSPS) is 18.3. The number of aryl methyl sites for hydroxylation is 1. The second kappa shape index (κ2) is 8.01. The Hall–Kier alpha value is -2.02. The average molecular weight is 323 g/mol. The summed E-state index contributed by atoms with van der Waals surface area (Å²) in [6.45, 7) is 4.88. The van der Waals surface area contributed by atoms with Crippen LogP contribution in [0.2, 0.25) is 0 Å². The molecule has 0 amide bonds. The van der Waals surface area contributed by atoms with E-state index in [4.69, 9.17) is 13.9 Å². The van der Waals surface area contributed by atoms with Gasteiger partial charge in [0, 0.05) is 33.2 Å². The van der Waals surface area contributed by atoms with Crippen molar-refractivity contribution in [3.8, 4) is 0 Å². The number of ether oxygens (including phenoxy) is 2. The molecule has 1 aromatic heterocycles. The number of hydrogen-bond donors (Lipinski definition) is 1. The summed E-state index contributed by atoms with van der Waals surface area (Å²) >= 11 is 0. The fourth-order valence-corrected chi connectivity index (χ4v) is 2.84. The third-order valence-corrected chi connectivity index (χ3v) is 3.99. The zero-order valence-electron chi connectivity index (χ0n) is 14.2. The zero-order chi connectivity index (χ0) is 16.8. The van der Waals surface area contributed by atoms with Gasteiger partial charge in [0.2, 0.25) is 0 Å². The van der Waals surface area contributed by atoms with Gasteiger partial charge in [0.15, 0.2) is 5.96 Å². The number of hydrogen-bond acceptors (Lipinski definition) is 5. The van der Waals surface area contributed by atoms with Crippen molar-refractivity contribution >= 4 is 11.9 Å². The van der Waals surface area contributed by atoms with E-state index in [2.05, 4.69) is 15.2 Å². The maximum Gasteiger partial charge on any atom is 0.341 e. The molecule has 1 atom stereocenters. The molecule has 0 aromatic carbocycles. The standard InChI is InChI=1S/C16H25N3O4/c1-11-14(15(20)22-4)7-13(23-11)8-18-16(17-2)19-6-5-12(9-19)10-21-3/h7,12H,5-6,8-10H2,1-4H3,(H,17,18). The number of rotatable bonds is 5.